The number of ether oxygens (including phenoxy) is 3. The molecule has 2 amide bonds. The summed E-state index contributed by atoms with van der Waals surface area (Å²) in [6.45, 7) is 0.177. The molecule has 0 atom stereocenters. The van der Waals surface area contributed by atoms with Gasteiger partial charge in [0.15, 0.2) is 11.5 Å². The first kappa shape index (κ1) is 23.9. The molecule has 2 aromatic rings. The summed E-state index contributed by atoms with van der Waals surface area (Å²) in [5.74, 6) is 0.939. The van der Waals surface area contributed by atoms with E-state index in [1.165, 1.54) is 38.0 Å². The van der Waals surface area contributed by atoms with Gasteiger partial charge in [-0.1, -0.05) is 35.6 Å². The van der Waals surface area contributed by atoms with Gasteiger partial charge in [-0.2, -0.15) is 0 Å². The Hall–Kier alpha value is -2.75. The Morgan fingerprint density at radius 3 is 2.31 bits per heavy atom. The van der Waals surface area contributed by atoms with Crippen molar-refractivity contribution in [2.75, 3.05) is 33.2 Å². The average Bonchev–Trinajstić information content (AvgIpc) is 3.05. The summed E-state index contributed by atoms with van der Waals surface area (Å²) in [6, 6.07) is 10.3. The first-order valence-corrected chi connectivity index (χ1v) is 11.1. The van der Waals surface area contributed by atoms with Gasteiger partial charge in [-0.05, 0) is 48.0 Å². The maximum atomic E-state index is 12.9. The number of thioether (sulfide) groups is 1. The van der Waals surface area contributed by atoms with Crippen LogP contribution in [0.2, 0.25) is 5.02 Å². The SMILES string of the molecule is COc1cc(/C=C2\SC(=S)N(CCC(=O)Nc3ccc(Cl)cc3)C2=O)cc(OC)c1OC. The summed E-state index contributed by atoms with van der Waals surface area (Å²) < 4.78 is 16.4. The summed E-state index contributed by atoms with van der Waals surface area (Å²) in [4.78, 5) is 27.0. The van der Waals surface area contributed by atoms with Crippen molar-refractivity contribution in [1.82, 2.24) is 4.90 Å². The number of benzene rings is 2. The van der Waals surface area contributed by atoms with Crippen LogP contribution in [-0.2, 0) is 9.59 Å². The largest absolute Gasteiger partial charge is 0.493 e. The number of hydrogen-bond acceptors (Lipinski definition) is 7. The fourth-order valence-electron chi connectivity index (χ4n) is 3.00. The van der Waals surface area contributed by atoms with Crippen LogP contribution in [0.15, 0.2) is 41.3 Å². The van der Waals surface area contributed by atoms with Crippen molar-refractivity contribution in [3.05, 3.63) is 51.9 Å². The molecule has 10 heteroatoms. The zero-order chi connectivity index (χ0) is 23.3. The number of nitrogens with one attached hydrogen (secondary N) is 1. The van der Waals surface area contributed by atoms with E-state index in [1.54, 1.807) is 42.5 Å². The van der Waals surface area contributed by atoms with E-state index in [1.807, 2.05) is 0 Å². The number of methoxy groups -OCH3 is 3. The van der Waals surface area contributed by atoms with Gasteiger partial charge in [0.25, 0.3) is 5.91 Å². The normalized spacial score (nSPS) is 14.6. The van der Waals surface area contributed by atoms with E-state index in [-0.39, 0.29) is 24.8 Å². The van der Waals surface area contributed by atoms with Gasteiger partial charge in [-0.3, -0.25) is 14.5 Å². The summed E-state index contributed by atoms with van der Waals surface area (Å²) in [5, 5.41) is 3.35. The van der Waals surface area contributed by atoms with Crippen LogP contribution in [0.5, 0.6) is 17.2 Å². The monoisotopic (exact) mass is 492 g/mol. The van der Waals surface area contributed by atoms with Gasteiger partial charge in [-0.15, -0.1) is 0 Å². The molecule has 2 aromatic carbocycles. The highest BCUT2D eigenvalue weighted by Crippen LogP contribution is 2.40. The van der Waals surface area contributed by atoms with Crippen molar-refractivity contribution in [3.63, 3.8) is 0 Å². The molecule has 32 heavy (non-hydrogen) atoms. The zero-order valence-electron chi connectivity index (χ0n) is 17.6. The molecule has 1 aliphatic heterocycles. The van der Waals surface area contributed by atoms with Gasteiger partial charge in [0.2, 0.25) is 11.7 Å². The van der Waals surface area contributed by atoms with Crippen molar-refractivity contribution in [3.8, 4) is 17.2 Å². The Kier molecular flexibility index (Phi) is 8.00. The Labute approximate surface area is 200 Å². The molecule has 1 aliphatic rings. The minimum Gasteiger partial charge on any atom is -0.493 e. The van der Waals surface area contributed by atoms with Gasteiger partial charge < -0.3 is 19.5 Å². The quantitative estimate of drug-likeness (QED) is 0.426. The third kappa shape index (κ3) is 5.53. The van der Waals surface area contributed by atoms with Crippen LogP contribution in [0.4, 0.5) is 5.69 Å². The highest BCUT2D eigenvalue weighted by Gasteiger charge is 2.32. The van der Waals surface area contributed by atoms with Gasteiger partial charge in [0, 0.05) is 23.7 Å². The first-order valence-electron chi connectivity index (χ1n) is 9.47. The lowest BCUT2D eigenvalue weighted by Gasteiger charge is -2.14. The maximum Gasteiger partial charge on any atom is 0.266 e. The second-order valence-electron chi connectivity index (χ2n) is 6.60. The van der Waals surface area contributed by atoms with Crippen LogP contribution >= 0.6 is 35.6 Å². The topological polar surface area (TPSA) is 77.1 Å². The number of amides is 2. The Balaban J connectivity index is 1.69. The molecule has 0 unspecified atom stereocenters. The standard InChI is InChI=1S/C22H21ClN2O5S2/c1-28-16-10-13(11-17(29-2)20(16)30-3)12-18-21(27)25(22(31)32-18)9-8-19(26)24-15-6-4-14(23)5-7-15/h4-7,10-12H,8-9H2,1-3H3,(H,24,26)/b18-12-. The number of halogens is 1. The highest BCUT2D eigenvalue weighted by molar-refractivity contribution is 8.26. The highest BCUT2D eigenvalue weighted by atomic mass is 35.5. The Morgan fingerprint density at radius 1 is 1.12 bits per heavy atom. The van der Waals surface area contributed by atoms with E-state index in [9.17, 15) is 9.59 Å². The minimum atomic E-state index is -0.256. The second-order valence-corrected chi connectivity index (χ2v) is 8.71. The summed E-state index contributed by atoms with van der Waals surface area (Å²) in [6.07, 6.45) is 1.81. The number of nitrogens with zero attached hydrogens (tertiary/aromatic N) is 1. The molecule has 0 aromatic heterocycles. The van der Waals surface area contributed by atoms with Gasteiger partial charge in [0.1, 0.15) is 4.32 Å². The Morgan fingerprint density at radius 2 is 1.75 bits per heavy atom. The van der Waals surface area contributed by atoms with Crippen LogP contribution in [0.1, 0.15) is 12.0 Å². The molecular formula is C22H21ClN2O5S2. The van der Waals surface area contributed by atoms with Crippen molar-refractivity contribution >= 4 is 63.5 Å². The van der Waals surface area contributed by atoms with Gasteiger partial charge >= 0.3 is 0 Å². The van der Waals surface area contributed by atoms with Crippen LogP contribution in [0.3, 0.4) is 0 Å². The molecule has 0 bridgehead atoms. The van der Waals surface area contributed by atoms with Crippen LogP contribution < -0.4 is 19.5 Å². The zero-order valence-corrected chi connectivity index (χ0v) is 20.0. The first-order chi connectivity index (χ1) is 15.4. The number of anilines is 1. The molecule has 0 spiro atoms. The van der Waals surface area contributed by atoms with Crippen molar-refractivity contribution in [1.29, 1.82) is 0 Å². The molecule has 1 saturated heterocycles. The predicted molar refractivity (Wildman–Crippen MR) is 131 cm³/mol. The number of hydrogen-bond donors (Lipinski definition) is 1. The number of rotatable bonds is 8. The fourth-order valence-corrected chi connectivity index (χ4v) is 4.43. The van der Waals surface area contributed by atoms with Gasteiger partial charge in [0.05, 0.1) is 26.2 Å². The molecule has 3 rings (SSSR count). The smallest absolute Gasteiger partial charge is 0.266 e. The molecule has 0 saturated carbocycles. The molecule has 0 radical (unpaired) electrons. The maximum absolute atomic E-state index is 12.9. The molecule has 1 heterocycles. The molecular weight excluding hydrogens is 472 g/mol. The molecule has 168 valence electrons. The van der Waals surface area contributed by atoms with E-state index in [4.69, 9.17) is 38.0 Å². The molecule has 0 aliphatic carbocycles. The van der Waals surface area contributed by atoms with Crippen LogP contribution in [0.25, 0.3) is 6.08 Å². The third-order valence-corrected chi connectivity index (χ3v) is 6.18. The number of carbonyl (C=O) groups is 2. The van der Waals surface area contributed by atoms with Crippen LogP contribution in [0, 0.1) is 0 Å². The fraction of sp³-hybridized carbons (Fsp3) is 0.227. The molecule has 1 fully saturated rings. The number of carbonyl (C=O) groups excluding carboxylic acids is 2. The van der Waals surface area contributed by atoms with Crippen LogP contribution in [-0.4, -0.2) is 48.9 Å². The minimum absolute atomic E-state index is 0.104. The second kappa shape index (κ2) is 10.7. The van der Waals surface area contributed by atoms with E-state index in [0.717, 1.165) is 0 Å². The molecule has 7 nitrogen and oxygen atoms in total. The predicted octanol–water partition coefficient (Wildman–Crippen LogP) is 4.60. The van der Waals surface area contributed by atoms with E-state index in [0.29, 0.717) is 42.7 Å². The average molecular weight is 493 g/mol. The summed E-state index contributed by atoms with van der Waals surface area (Å²) >= 11 is 12.4. The van der Waals surface area contributed by atoms with E-state index >= 15 is 0 Å². The van der Waals surface area contributed by atoms with Crippen molar-refractivity contribution in [2.45, 2.75) is 6.42 Å². The van der Waals surface area contributed by atoms with E-state index < -0.39 is 0 Å². The van der Waals surface area contributed by atoms with E-state index in [2.05, 4.69) is 5.32 Å². The summed E-state index contributed by atoms with van der Waals surface area (Å²) in [5.41, 5.74) is 1.33. The lowest BCUT2D eigenvalue weighted by atomic mass is 10.1. The Bertz CT molecular complexity index is 1050. The van der Waals surface area contributed by atoms with Gasteiger partial charge in [-0.25, -0.2) is 0 Å². The third-order valence-electron chi connectivity index (χ3n) is 4.55. The number of thiocarbonyl (C=S) groups is 1. The summed E-state index contributed by atoms with van der Waals surface area (Å²) in [7, 11) is 4.57. The van der Waals surface area contributed by atoms with Crippen molar-refractivity contribution in [2.24, 2.45) is 0 Å². The lowest BCUT2D eigenvalue weighted by Crippen LogP contribution is -2.31. The lowest BCUT2D eigenvalue weighted by molar-refractivity contribution is -0.122. The molecule has 1 N–H and O–H groups in total. The van der Waals surface area contributed by atoms with Crippen molar-refractivity contribution < 1.29 is 23.8 Å².